The summed E-state index contributed by atoms with van der Waals surface area (Å²) in [6.07, 6.45) is 0. The predicted molar refractivity (Wildman–Crippen MR) is 101 cm³/mol. The van der Waals surface area contributed by atoms with E-state index in [2.05, 4.69) is 47.6 Å². The van der Waals surface area contributed by atoms with Crippen LogP contribution in [0.15, 0.2) is 46.9 Å². The summed E-state index contributed by atoms with van der Waals surface area (Å²) in [6.45, 7) is 2.01. The first-order valence-electron chi connectivity index (χ1n) is 7.25. The average Bonchev–Trinajstić information content (AvgIpc) is 2.58. The molecule has 8 heteroatoms. The molecular formula is C17H12BrClN6. The Labute approximate surface area is 158 Å². The van der Waals surface area contributed by atoms with E-state index in [4.69, 9.17) is 16.9 Å². The lowest BCUT2D eigenvalue weighted by atomic mass is 10.2. The molecule has 2 aromatic carbocycles. The van der Waals surface area contributed by atoms with Gasteiger partial charge in [-0.1, -0.05) is 6.07 Å². The van der Waals surface area contributed by atoms with E-state index < -0.39 is 0 Å². The third kappa shape index (κ3) is 4.44. The SMILES string of the molecule is Cc1ccc(Nc2nc(Cl)nc(Nc3ccc(C#N)cc3)n2)c(Br)c1. The van der Waals surface area contributed by atoms with E-state index in [0.717, 1.165) is 21.4 Å². The summed E-state index contributed by atoms with van der Waals surface area (Å²) in [5.74, 6) is 0.621. The minimum Gasteiger partial charge on any atom is -0.324 e. The Bertz CT molecular complexity index is 952. The summed E-state index contributed by atoms with van der Waals surface area (Å²) in [6, 6.07) is 14.9. The molecule has 0 atom stereocenters. The number of halogens is 2. The fourth-order valence-electron chi connectivity index (χ4n) is 2.06. The number of rotatable bonds is 4. The number of benzene rings is 2. The van der Waals surface area contributed by atoms with Gasteiger partial charge in [-0.3, -0.25) is 0 Å². The fourth-order valence-corrected chi connectivity index (χ4v) is 2.81. The quantitative estimate of drug-likeness (QED) is 0.626. The van der Waals surface area contributed by atoms with Crippen molar-refractivity contribution in [3.8, 4) is 6.07 Å². The van der Waals surface area contributed by atoms with E-state index in [-0.39, 0.29) is 5.28 Å². The maximum atomic E-state index is 8.84. The summed E-state index contributed by atoms with van der Waals surface area (Å²) in [7, 11) is 0. The van der Waals surface area contributed by atoms with E-state index in [1.54, 1.807) is 24.3 Å². The molecule has 0 fully saturated rings. The van der Waals surface area contributed by atoms with Gasteiger partial charge in [-0.25, -0.2) is 0 Å². The van der Waals surface area contributed by atoms with Gasteiger partial charge < -0.3 is 10.6 Å². The molecule has 0 aliphatic rings. The van der Waals surface area contributed by atoms with Crippen molar-refractivity contribution in [1.82, 2.24) is 15.0 Å². The number of hydrogen-bond donors (Lipinski definition) is 2. The standard InChI is InChI=1S/C17H12BrClN6/c1-10-2-7-14(13(18)8-10)22-17-24-15(19)23-16(25-17)21-12-5-3-11(9-20)4-6-12/h2-8H,1H3,(H2,21,22,23,24,25). The minimum atomic E-state index is 0.0666. The highest BCUT2D eigenvalue weighted by Crippen LogP contribution is 2.26. The Balaban J connectivity index is 1.83. The van der Waals surface area contributed by atoms with Crippen molar-refractivity contribution in [2.75, 3.05) is 10.6 Å². The van der Waals surface area contributed by atoms with Gasteiger partial charge in [0, 0.05) is 10.2 Å². The molecule has 1 aromatic heterocycles. The van der Waals surface area contributed by atoms with Gasteiger partial charge in [0.2, 0.25) is 17.2 Å². The predicted octanol–water partition coefficient (Wildman–Crippen LogP) is 4.95. The molecule has 0 amide bonds. The first-order chi connectivity index (χ1) is 12.0. The van der Waals surface area contributed by atoms with Gasteiger partial charge in [0.05, 0.1) is 17.3 Å². The van der Waals surface area contributed by atoms with Crippen molar-refractivity contribution >= 4 is 50.8 Å². The molecule has 1 heterocycles. The molecule has 25 heavy (non-hydrogen) atoms. The van der Waals surface area contributed by atoms with E-state index in [1.807, 2.05) is 25.1 Å². The van der Waals surface area contributed by atoms with Crippen LogP contribution in [0.25, 0.3) is 0 Å². The first kappa shape index (κ1) is 17.1. The van der Waals surface area contributed by atoms with E-state index in [1.165, 1.54) is 0 Å². The highest BCUT2D eigenvalue weighted by Gasteiger charge is 2.08. The summed E-state index contributed by atoms with van der Waals surface area (Å²) in [5.41, 5.74) is 3.26. The second kappa shape index (κ2) is 7.47. The third-order valence-electron chi connectivity index (χ3n) is 3.25. The van der Waals surface area contributed by atoms with Crippen LogP contribution in [0.2, 0.25) is 5.28 Å². The van der Waals surface area contributed by atoms with Crippen LogP contribution in [0.3, 0.4) is 0 Å². The summed E-state index contributed by atoms with van der Waals surface area (Å²) >= 11 is 9.50. The molecule has 0 unspecified atom stereocenters. The average molecular weight is 416 g/mol. The van der Waals surface area contributed by atoms with Gasteiger partial charge in [0.15, 0.2) is 0 Å². The van der Waals surface area contributed by atoms with Crippen molar-refractivity contribution in [3.05, 3.63) is 63.3 Å². The number of nitriles is 1. The Hall–Kier alpha value is -2.69. The lowest BCUT2D eigenvalue weighted by Crippen LogP contribution is -2.04. The molecule has 6 nitrogen and oxygen atoms in total. The van der Waals surface area contributed by atoms with Crippen LogP contribution in [0.5, 0.6) is 0 Å². The second-order valence-electron chi connectivity index (χ2n) is 5.17. The number of aromatic nitrogens is 3. The maximum Gasteiger partial charge on any atom is 0.233 e. The molecule has 2 N–H and O–H groups in total. The highest BCUT2D eigenvalue weighted by molar-refractivity contribution is 9.10. The molecule has 0 radical (unpaired) electrons. The molecular weight excluding hydrogens is 404 g/mol. The summed E-state index contributed by atoms with van der Waals surface area (Å²) in [5, 5.41) is 15.1. The molecule has 0 aliphatic carbocycles. The monoisotopic (exact) mass is 414 g/mol. The number of aryl methyl sites for hydroxylation is 1. The fraction of sp³-hybridized carbons (Fsp3) is 0.0588. The molecule has 0 bridgehead atoms. The lowest BCUT2D eigenvalue weighted by molar-refractivity contribution is 1.06. The first-order valence-corrected chi connectivity index (χ1v) is 8.42. The van der Waals surface area contributed by atoms with Crippen LogP contribution < -0.4 is 10.6 Å². The number of hydrogen-bond acceptors (Lipinski definition) is 6. The number of nitrogens with one attached hydrogen (secondary N) is 2. The van der Waals surface area contributed by atoms with Crippen LogP contribution in [-0.2, 0) is 0 Å². The Kier molecular flexibility index (Phi) is 5.12. The third-order valence-corrected chi connectivity index (χ3v) is 4.07. The lowest BCUT2D eigenvalue weighted by Gasteiger charge is -2.10. The van der Waals surface area contributed by atoms with Crippen molar-refractivity contribution in [2.24, 2.45) is 0 Å². The van der Waals surface area contributed by atoms with Gasteiger partial charge in [-0.15, -0.1) is 0 Å². The van der Waals surface area contributed by atoms with Crippen molar-refractivity contribution in [1.29, 1.82) is 5.26 Å². The van der Waals surface area contributed by atoms with Gasteiger partial charge in [0.25, 0.3) is 0 Å². The van der Waals surface area contributed by atoms with Crippen LogP contribution in [0.1, 0.15) is 11.1 Å². The molecule has 3 rings (SSSR count). The number of nitrogens with zero attached hydrogens (tertiary/aromatic N) is 4. The van der Waals surface area contributed by atoms with Crippen LogP contribution in [-0.4, -0.2) is 15.0 Å². The normalized spacial score (nSPS) is 10.2. The zero-order valence-corrected chi connectivity index (χ0v) is 15.4. The van der Waals surface area contributed by atoms with E-state index in [9.17, 15) is 0 Å². The van der Waals surface area contributed by atoms with Crippen molar-refractivity contribution < 1.29 is 0 Å². The second-order valence-corrected chi connectivity index (χ2v) is 6.37. The van der Waals surface area contributed by atoms with Crippen LogP contribution in [0, 0.1) is 18.3 Å². The largest absolute Gasteiger partial charge is 0.324 e. The smallest absolute Gasteiger partial charge is 0.233 e. The highest BCUT2D eigenvalue weighted by atomic mass is 79.9. The summed E-state index contributed by atoms with van der Waals surface area (Å²) in [4.78, 5) is 12.5. The zero-order chi connectivity index (χ0) is 17.8. The number of anilines is 4. The van der Waals surface area contributed by atoms with Crippen LogP contribution >= 0.6 is 27.5 Å². The zero-order valence-electron chi connectivity index (χ0n) is 13.1. The van der Waals surface area contributed by atoms with Gasteiger partial charge in [-0.2, -0.15) is 20.2 Å². The molecule has 3 aromatic rings. The Morgan fingerprint density at radius 1 is 1.00 bits per heavy atom. The topological polar surface area (TPSA) is 86.5 Å². The Morgan fingerprint density at radius 3 is 2.32 bits per heavy atom. The van der Waals surface area contributed by atoms with Gasteiger partial charge in [-0.05, 0) is 76.4 Å². The van der Waals surface area contributed by atoms with Gasteiger partial charge >= 0.3 is 0 Å². The summed E-state index contributed by atoms with van der Waals surface area (Å²) < 4.78 is 0.894. The maximum absolute atomic E-state index is 8.84. The van der Waals surface area contributed by atoms with Crippen molar-refractivity contribution in [2.45, 2.75) is 6.92 Å². The van der Waals surface area contributed by atoms with Crippen molar-refractivity contribution in [3.63, 3.8) is 0 Å². The molecule has 0 saturated carbocycles. The van der Waals surface area contributed by atoms with E-state index >= 15 is 0 Å². The minimum absolute atomic E-state index is 0.0666. The molecule has 0 saturated heterocycles. The van der Waals surface area contributed by atoms with Crippen LogP contribution in [0.4, 0.5) is 23.3 Å². The van der Waals surface area contributed by atoms with E-state index in [0.29, 0.717) is 17.5 Å². The molecule has 0 aliphatic heterocycles. The molecule has 0 spiro atoms. The molecule has 124 valence electrons. The van der Waals surface area contributed by atoms with Gasteiger partial charge in [0.1, 0.15) is 0 Å². The Morgan fingerprint density at radius 2 is 1.68 bits per heavy atom.